The average Bonchev–Trinajstić information content (AvgIpc) is 2.53. The van der Waals surface area contributed by atoms with Crippen LogP contribution in [0.4, 0.5) is 0 Å². The molecule has 0 saturated heterocycles. The molecule has 0 aliphatic heterocycles. The third-order valence-corrected chi connectivity index (χ3v) is 3.71. The van der Waals surface area contributed by atoms with Crippen molar-refractivity contribution in [3.63, 3.8) is 0 Å². The number of aliphatic imine (C=N–C) groups is 2. The monoisotopic (exact) mass is 300 g/mol. The summed E-state index contributed by atoms with van der Waals surface area (Å²) in [6.07, 6.45) is 5.13. The van der Waals surface area contributed by atoms with E-state index in [1.807, 2.05) is 26.0 Å². The van der Waals surface area contributed by atoms with E-state index in [9.17, 15) is 4.79 Å². The average molecular weight is 300 g/mol. The van der Waals surface area contributed by atoms with Gasteiger partial charge in [-0.3, -0.25) is 14.8 Å². The predicted octanol–water partition coefficient (Wildman–Crippen LogP) is 3.95. The Morgan fingerprint density at radius 1 is 1.27 bits per heavy atom. The summed E-state index contributed by atoms with van der Waals surface area (Å²) >= 11 is 0. The molecular formula is C18H24N2O2. The molecule has 0 N–H and O–H groups in total. The molecular weight excluding hydrogens is 276 g/mol. The number of nitrogens with zero attached hydrogens (tertiary/aromatic N) is 2. The molecule has 0 amide bonds. The second-order valence-corrected chi connectivity index (χ2v) is 5.02. The zero-order valence-corrected chi connectivity index (χ0v) is 13.8. The van der Waals surface area contributed by atoms with Gasteiger partial charge >= 0.3 is 0 Å². The maximum absolute atomic E-state index is 12.4. The number of methoxy groups -OCH3 is 1. The van der Waals surface area contributed by atoms with Crippen LogP contribution in [0.15, 0.2) is 34.9 Å². The van der Waals surface area contributed by atoms with Crippen molar-refractivity contribution >= 4 is 17.7 Å². The Hall–Kier alpha value is -2.23. The molecule has 0 atom stereocenters. The van der Waals surface area contributed by atoms with Crippen LogP contribution in [0, 0.1) is 13.8 Å². The molecule has 1 aromatic rings. The SMILES string of the molecule is C=CN=CC(CCCC(=O)c1ccc(OC)c(C)c1C)=NC. The minimum absolute atomic E-state index is 0.152. The largest absolute Gasteiger partial charge is 0.496 e. The third-order valence-electron chi connectivity index (χ3n) is 3.71. The van der Waals surface area contributed by atoms with Crippen molar-refractivity contribution in [1.29, 1.82) is 0 Å². The third kappa shape index (κ3) is 4.65. The van der Waals surface area contributed by atoms with Gasteiger partial charge in [-0.15, -0.1) is 0 Å². The number of hydrogen-bond donors (Lipinski definition) is 0. The molecule has 0 unspecified atom stereocenters. The summed E-state index contributed by atoms with van der Waals surface area (Å²) in [5, 5.41) is 0. The van der Waals surface area contributed by atoms with Crippen LogP contribution in [0.3, 0.4) is 0 Å². The molecule has 118 valence electrons. The minimum Gasteiger partial charge on any atom is -0.496 e. The number of benzene rings is 1. The van der Waals surface area contributed by atoms with Crippen LogP contribution < -0.4 is 4.74 Å². The molecule has 4 heteroatoms. The molecule has 0 spiro atoms. The molecule has 0 aliphatic carbocycles. The number of Topliss-reactive ketones (excluding diaryl/α,β-unsaturated/α-hetero) is 1. The van der Waals surface area contributed by atoms with Crippen LogP contribution in [-0.4, -0.2) is 31.9 Å². The van der Waals surface area contributed by atoms with E-state index in [-0.39, 0.29) is 5.78 Å². The number of hydrogen-bond acceptors (Lipinski definition) is 4. The summed E-state index contributed by atoms with van der Waals surface area (Å²) in [5.41, 5.74) is 3.65. The molecule has 0 aromatic heterocycles. The van der Waals surface area contributed by atoms with Gasteiger partial charge in [-0.2, -0.15) is 0 Å². The van der Waals surface area contributed by atoms with Crippen molar-refractivity contribution in [2.75, 3.05) is 14.2 Å². The molecule has 1 aromatic carbocycles. The first-order valence-electron chi connectivity index (χ1n) is 7.32. The lowest BCUT2D eigenvalue weighted by Gasteiger charge is -2.11. The maximum Gasteiger partial charge on any atom is 0.163 e. The van der Waals surface area contributed by atoms with Crippen molar-refractivity contribution in [3.05, 3.63) is 41.6 Å². The number of carbonyl (C=O) groups is 1. The molecule has 4 nitrogen and oxygen atoms in total. The fourth-order valence-electron chi connectivity index (χ4n) is 2.26. The first-order valence-corrected chi connectivity index (χ1v) is 7.32. The lowest BCUT2D eigenvalue weighted by atomic mass is 9.96. The Bertz CT molecular complexity index is 601. The van der Waals surface area contributed by atoms with Crippen molar-refractivity contribution < 1.29 is 9.53 Å². The first kappa shape index (κ1) is 17.8. The van der Waals surface area contributed by atoms with E-state index in [2.05, 4.69) is 16.6 Å². The molecule has 1 rings (SSSR count). The van der Waals surface area contributed by atoms with E-state index in [0.717, 1.165) is 41.0 Å². The lowest BCUT2D eigenvalue weighted by Crippen LogP contribution is -2.06. The van der Waals surface area contributed by atoms with Gasteiger partial charge in [0.15, 0.2) is 5.78 Å². The Labute approximate surface area is 132 Å². The van der Waals surface area contributed by atoms with Gasteiger partial charge < -0.3 is 4.74 Å². The highest BCUT2D eigenvalue weighted by Gasteiger charge is 2.13. The van der Waals surface area contributed by atoms with Crippen LogP contribution in [0.1, 0.15) is 40.7 Å². The number of ether oxygens (including phenoxy) is 1. The molecule has 0 fully saturated rings. The molecule has 0 bridgehead atoms. The quantitative estimate of drug-likeness (QED) is 0.539. The van der Waals surface area contributed by atoms with E-state index in [0.29, 0.717) is 6.42 Å². The van der Waals surface area contributed by atoms with Crippen LogP contribution in [0.25, 0.3) is 0 Å². The van der Waals surface area contributed by atoms with E-state index in [1.54, 1.807) is 20.4 Å². The summed E-state index contributed by atoms with van der Waals surface area (Å²) in [6, 6.07) is 3.70. The van der Waals surface area contributed by atoms with Gasteiger partial charge in [0, 0.05) is 31.4 Å². The zero-order chi connectivity index (χ0) is 16.5. The topological polar surface area (TPSA) is 51.0 Å². The van der Waals surface area contributed by atoms with Crippen LogP contribution in [0.2, 0.25) is 0 Å². The Morgan fingerprint density at radius 2 is 2.00 bits per heavy atom. The highest BCUT2D eigenvalue weighted by atomic mass is 16.5. The number of rotatable bonds is 8. The highest BCUT2D eigenvalue weighted by molar-refractivity contribution is 6.30. The molecule has 22 heavy (non-hydrogen) atoms. The molecule has 0 heterocycles. The standard InChI is InChI=1S/C18H24N2O2/c1-6-20-12-15(19-4)8-7-9-17(21)16-10-11-18(22-5)14(3)13(16)2/h6,10-12H,1,7-9H2,2-5H3. The van der Waals surface area contributed by atoms with Gasteiger partial charge in [0.1, 0.15) is 5.75 Å². The normalized spacial score (nSPS) is 11.7. The lowest BCUT2D eigenvalue weighted by molar-refractivity contribution is 0.0980. The van der Waals surface area contributed by atoms with Gasteiger partial charge in [-0.25, -0.2) is 0 Å². The Morgan fingerprint density at radius 3 is 2.59 bits per heavy atom. The molecule has 0 aliphatic rings. The van der Waals surface area contributed by atoms with E-state index < -0.39 is 0 Å². The van der Waals surface area contributed by atoms with Gasteiger partial charge in [-0.1, -0.05) is 6.58 Å². The van der Waals surface area contributed by atoms with Gasteiger partial charge in [0.25, 0.3) is 0 Å². The number of ketones is 1. The summed E-state index contributed by atoms with van der Waals surface area (Å²) in [6.45, 7) is 7.46. The fraction of sp³-hybridized carbons (Fsp3) is 0.389. The van der Waals surface area contributed by atoms with E-state index in [4.69, 9.17) is 4.74 Å². The summed E-state index contributed by atoms with van der Waals surface area (Å²) in [5.74, 6) is 0.967. The highest BCUT2D eigenvalue weighted by Crippen LogP contribution is 2.25. The van der Waals surface area contributed by atoms with Crippen molar-refractivity contribution in [2.24, 2.45) is 9.98 Å². The molecule has 0 saturated carbocycles. The van der Waals surface area contributed by atoms with Crippen molar-refractivity contribution in [2.45, 2.75) is 33.1 Å². The van der Waals surface area contributed by atoms with Crippen molar-refractivity contribution in [1.82, 2.24) is 0 Å². The summed E-state index contributed by atoms with van der Waals surface area (Å²) in [4.78, 5) is 20.5. The second-order valence-electron chi connectivity index (χ2n) is 5.02. The van der Waals surface area contributed by atoms with Gasteiger partial charge in [-0.05, 0) is 49.9 Å². The van der Waals surface area contributed by atoms with Crippen LogP contribution in [0.5, 0.6) is 5.75 Å². The van der Waals surface area contributed by atoms with E-state index in [1.165, 1.54) is 6.20 Å². The van der Waals surface area contributed by atoms with Gasteiger partial charge in [0.2, 0.25) is 0 Å². The summed E-state index contributed by atoms with van der Waals surface area (Å²) < 4.78 is 5.28. The predicted molar refractivity (Wildman–Crippen MR) is 92.7 cm³/mol. The second kappa shape index (κ2) is 8.93. The van der Waals surface area contributed by atoms with Crippen LogP contribution >= 0.6 is 0 Å². The first-order chi connectivity index (χ1) is 10.5. The number of carbonyl (C=O) groups excluding carboxylic acids is 1. The summed E-state index contributed by atoms with van der Waals surface area (Å²) in [7, 11) is 3.36. The van der Waals surface area contributed by atoms with E-state index >= 15 is 0 Å². The Balaban J connectivity index is 2.69. The van der Waals surface area contributed by atoms with Gasteiger partial charge in [0.05, 0.1) is 12.8 Å². The minimum atomic E-state index is 0.152. The van der Waals surface area contributed by atoms with Crippen LogP contribution in [-0.2, 0) is 0 Å². The Kier molecular flexibility index (Phi) is 7.23. The maximum atomic E-state index is 12.4. The molecule has 0 radical (unpaired) electrons. The fourth-order valence-corrected chi connectivity index (χ4v) is 2.26. The zero-order valence-electron chi connectivity index (χ0n) is 13.8. The van der Waals surface area contributed by atoms with Crippen molar-refractivity contribution in [3.8, 4) is 5.75 Å². The smallest absolute Gasteiger partial charge is 0.163 e.